The van der Waals surface area contributed by atoms with Gasteiger partial charge in [0.1, 0.15) is 17.5 Å². The Morgan fingerprint density at radius 2 is 1.67 bits per heavy atom. The topological polar surface area (TPSA) is 115 Å². The molecule has 0 radical (unpaired) electrons. The van der Waals surface area contributed by atoms with Crippen LogP contribution in [-0.4, -0.2) is 78.3 Å². The Bertz CT molecular complexity index is 1750. The van der Waals surface area contributed by atoms with E-state index in [1.165, 1.54) is 28.9 Å². The van der Waals surface area contributed by atoms with Gasteiger partial charge in [-0.3, -0.25) is 9.48 Å². The van der Waals surface area contributed by atoms with Crippen molar-refractivity contribution in [1.82, 2.24) is 20.0 Å². The molecular formula is C43H59N5O6. The molecule has 1 N–H and O–H groups in total. The van der Waals surface area contributed by atoms with Crippen LogP contribution in [0.4, 0.5) is 15.3 Å². The monoisotopic (exact) mass is 741 g/mol. The number of nitrogens with zero attached hydrogens (tertiary/aromatic N) is 4. The summed E-state index contributed by atoms with van der Waals surface area (Å²) in [5.41, 5.74) is 5.02. The fraction of sp³-hybridized carbons (Fsp3) is 0.581. The summed E-state index contributed by atoms with van der Waals surface area (Å²) in [5, 5.41) is 7.37. The molecule has 0 spiro atoms. The summed E-state index contributed by atoms with van der Waals surface area (Å²) in [6.07, 6.45) is 12.1. The van der Waals surface area contributed by atoms with Crippen LogP contribution in [0.5, 0.6) is 5.75 Å². The first-order valence-electron chi connectivity index (χ1n) is 19.9. The van der Waals surface area contributed by atoms with Gasteiger partial charge in [0.15, 0.2) is 0 Å². The molecule has 6 rings (SSSR count). The van der Waals surface area contributed by atoms with Crippen LogP contribution in [0.2, 0.25) is 0 Å². The van der Waals surface area contributed by atoms with Gasteiger partial charge in [-0.2, -0.15) is 5.10 Å². The van der Waals surface area contributed by atoms with Gasteiger partial charge in [-0.15, -0.1) is 0 Å². The lowest BCUT2D eigenvalue weighted by Crippen LogP contribution is -2.43. The Hall–Kier alpha value is -4.54. The average molecular weight is 742 g/mol. The van der Waals surface area contributed by atoms with Crippen molar-refractivity contribution in [2.45, 2.75) is 116 Å². The summed E-state index contributed by atoms with van der Waals surface area (Å²) in [6.45, 7) is 8.79. The highest BCUT2D eigenvalue weighted by Crippen LogP contribution is 2.40. The Kier molecular flexibility index (Phi) is 12.5. The Labute approximate surface area is 320 Å². The van der Waals surface area contributed by atoms with E-state index in [-0.39, 0.29) is 24.5 Å². The highest BCUT2D eigenvalue weighted by atomic mass is 16.6. The lowest BCUT2D eigenvalue weighted by molar-refractivity contribution is -0.124. The predicted octanol–water partition coefficient (Wildman–Crippen LogP) is 8.66. The average Bonchev–Trinajstić information content (AvgIpc) is 3.89. The van der Waals surface area contributed by atoms with Gasteiger partial charge in [0.25, 0.3) is 0 Å². The van der Waals surface area contributed by atoms with E-state index in [2.05, 4.69) is 75.6 Å². The van der Waals surface area contributed by atoms with Crippen molar-refractivity contribution in [2.75, 3.05) is 38.7 Å². The lowest BCUT2D eigenvalue weighted by atomic mass is 9.78. The number of carbonyl (C=O) groups excluding carboxylic acids is 3. The van der Waals surface area contributed by atoms with Crippen LogP contribution >= 0.6 is 0 Å². The van der Waals surface area contributed by atoms with Gasteiger partial charge in [0.05, 0.1) is 19.3 Å². The van der Waals surface area contributed by atoms with E-state index < -0.39 is 17.8 Å². The molecule has 3 aromatic rings. The molecule has 3 amide bonds. The van der Waals surface area contributed by atoms with Gasteiger partial charge >= 0.3 is 12.2 Å². The van der Waals surface area contributed by atoms with Crippen LogP contribution in [0.1, 0.15) is 108 Å². The molecule has 292 valence electrons. The summed E-state index contributed by atoms with van der Waals surface area (Å²) >= 11 is 0. The lowest BCUT2D eigenvalue weighted by Gasteiger charge is -2.36. The van der Waals surface area contributed by atoms with E-state index in [4.69, 9.17) is 14.2 Å². The van der Waals surface area contributed by atoms with E-state index >= 15 is 0 Å². The van der Waals surface area contributed by atoms with Crippen molar-refractivity contribution in [3.63, 3.8) is 0 Å². The van der Waals surface area contributed by atoms with Crippen molar-refractivity contribution < 1.29 is 28.6 Å². The second-order valence-corrected chi connectivity index (χ2v) is 16.6. The largest absolute Gasteiger partial charge is 0.496 e. The van der Waals surface area contributed by atoms with Crippen molar-refractivity contribution >= 4 is 23.8 Å². The molecule has 11 heteroatoms. The van der Waals surface area contributed by atoms with Gasteiger partial charge in [-0.25, -0.2) is 9.59 Å². The van der Waals surface area contributed by atoms with Crippen LogP contribution in [0, 0.1) is 18.8 Å². The SMILES string of the molecule is COc1ccc(C2CCC(CN(C(=O)C3CCC(OC(=O)NCCN(C)C(=O)OC(C)(C)C)CC3)c3cccc(-c4cnn(C5CC5)c4)c3)CC2)cc1C. The molecule has 3 saturated carbocycles. The van der Waals surface area contributed by atoms with Crippen molar-refractivity contribution in [1.29, 1.82) is 0 Å². The minimum absolute atomic E-state index is 0.143. The second-order valence-electron chi connectivity index (χ2n) is 16.6. The summed E-state index contributed by atoms with van der Waals surface area (Å²) < 4.78 is 18.7. The molecule has 1 aromatic heterocycles. The third-order valence-corrected chi connectivity index (χ3v) is 11.2. The molecule has 1 heterocycles. The number of hydrogen-bond donors (Lipinski definition) is 1. The van der Waals surface area contributed by atoms with Gasteiger partial charge in [-0.05, 0) is 139 Å². The Balaban J connectivity index is 1.07. The zero-order valence-corrected chi connectivity index (χ0v) is 33.0. The molecule has 54 heavy (non-hydrogen) atoms. The molecule has 2 aromatic carbocycles. The highest BCUT2D eigenvalue weighted by Gasteiger charge is 2.34. The number of aryl methyl sites for hydroxylation is 1. The molecule has 0 atom stereocenters. The van der Waals surface area contributed by atoms with Gasteiger partial charge in [0, 0.05) is 50.0 Å². The maximum absolute atomic E-state index is 14.5. The zero-order chi connectivity index (χ0) is 38.4. The number of hydrogen-bond acceptors (Lipinski definition) is 7. The van der Waals surface area contributed by atoms with Crippen LogP contribution in [0.15, 0.2) is 54.9 Å². The van der Waals surface area contributed by atoms with Crippen LogP contribution in [0.25, 0.3) is 11.1 Å². The number of aromatic nitrogens is 2. The molecule has 0 aliphatic heterocycles. The van der Waals surface area contributed by atoms with E-state index in [0.717, 1.165) is 48.2 Å². The summed E-state index contributed by atoms with van der Waals surface area (Å²) in [4.78, 5) is 42.8. The summed E-state index contributed by atoms with van der Waals surface area (Å²) in [6, 6.07) is 15.4. The first kappa shape index (κ1) is 39.2. The Morgan fingerprint density at radius 1 is 0.926 bits per heavy atom. The number of ether oxygens (including phenoxy) is 3. The summed E-state index contributed by atoms with van der Waals surface area (Å²) in [7, 11) is 3.35. The molecule has 0 saturated heterocycles. The molecule has 3 fully saturated rings. The van der Waals surface area contributed by atoms with Gasteiger partial charge in [0.2, 0.25) is 5.91 Å². The second kappa shape index (κ2) is 17.3. The van der Waals surface area contributed by atoms with E-state index in [9.17, 15) is 14.4 Å². The van der Waals surface area contributed by atoms with Crippen molar-refractivity contribution in [3.05, 3.63) is 66.0 Å². The fourth-order valence-electron chi connectivity index (χ4n) is 7.89. The van der Waals surface area contributed by atoms with E-state index in [1.807, 2.05) is 27.0 Å². The summed E-state index contributed by atoms with van der Waals surface area (Å²) in [5.74, 6) is 1.85. The zero-order valence-electron chi connectivity index (χ0n) is 33.0. The van der Waals surface area contributed by atoms with E-state index in [1.54, 1.807) is 14.2 Å². The minimum atomic E-state index is -0.587. The standard InChI is InChI=1S/C43H59N5O6/c1-29-24-34(16-21-39(29)52-6)31-12-10-30(11-13-31)27-47(37-9-7-8-33(25-37)35-26-45-48(28-35)36-17-18-36)40(49)32-14-19-38(20-15-32)53-41(50)44-22-23-46(5)42(51)54-43(2,3)4/h7-9,16,21,24-26,28,30-32,36,38H,10-15,17-20,22-23,27H2,1-6H3,(H,44,50). The van der Waals surface area contributed by atoms with Crippen molar-refractivity contribution in [2.24, 2.45) is 11.8 Å². The number of methoxy groups -OCH3 is 1. The smallest absolute Gasteiger partial charge is 0.410 e. The molecular weight excluding hydrogens is 683 g/mol. The molecule has 3 aliphatic carbocycles. The number of rotatable bonds is 12. The number of benzene rings is 2. The fourth-order valence-corrected chi connectivity index (χ4v) is 7.89. The third kappa shape index (κ3) is 10.4. The first-order chi connectivity index (χ1) is 25.9. The number of anilines is 1. The van der Waals surface area contributed by atoms with Crippen LogP contribution in [-0.2, 0) is 14.3 Å². The predicted molar refractivity (Wildman–Crippen MR) is 210 cm³/mol. The minimum Gasteiger partial charge on any atom is -0.496 e. The molecule has 3 aliphatic rings. The molecule has 0 unspecified atom stereocenters. The highest BCUT2D eigenvalue weighted by molar-refractivity contribution is 5.95. The van der Waals surface area contributed by atoms with Crippen LogP contribution < -0.4 is 15.0 Å². The van der Waals surface area contributed by atoms with Crippen LogP contribution in [0.3, 0.4) is 0 Å². The quantitative estimate of drug-likeness (QED) is 0.198. The number of likely N-dealkylation sites (N-methyl/N-ethyl adjacent to an activating group) is 1. The van der Waals surface area contributed by atoms with E-state index in [0.29, 0.717) is 56.7 Å². The maximum Gasteiger partial charge on any atom is 0.410 e. The number of amides is 3. The van der Waals surface area contributed by atoms with Crippen molar-refractivity contribution in [3.8, 4) is 16.9 Å². The van der Waals surface area contributed by atoms with Gasteiger partial charge < -0.3 is 29.3 Å². The number of alkyl carbamates (subject to hydrolysis) is 1. The maximum atomic E-state index is 14.5. The third-order valence-electron chi connectivity index (χ3n) is 11.2. The Morgan fingerprint density at radius 3 is 2.33 bits per heavy atom. The normalized spacial score (nSPS) is 21.5. The molecule has 11 nitrogen and oxygen atoms in total. The number of nitrogens with one attached hydrogen (secondary N) is 1. The number of carbonyl (C=O) groups is 3. The van der Waals surface area contributed by atoms with Gasteiger partial charge in [-0.1, -0.05) is 24.3 Å². The molecule has 0 bridgehead atoms. The first-order valence-corrected chi connectivity index (χ1v) is 19.9.